The number of ketones is 1. The lowest BCUT2D eigenvalue weighted by Gasteiger charge is -2.23. The lowest BCUT2D eigenvalue weighted by Crippen LogP contribution is -2.29. The van der Waals surface area contributed by atoms with Gasteiger partial charge in [0.05, 0.1) is 17.3 Å². The van der Waals surface area contributed by atoms with Gasteiger partial charge in [0.1, 0.15) is 28.7 Å². The number of rotatable bonds is 8. The first-order chi connectivity index (χ1) is 22.4. The number of anilines is 1. The van der Waals surface area contributed by atoms with Crippen LogP contribution in [-0.2, 0) is 15.3 Å². The summed E-state index contributed by atoms with van der Waals surface area (Å²) in [5.41, 5.74) is 2.25. The molecule has 3 aromatic heterocycles. The fraction of sp³-hybridized carbons (Fsp3) is 0.0882. The minimum atomic E-state index is -1.06. The van der Waals surface area contributed by atoms with E-state index in [1.807, 2.05) is 36.4 Å². The van der Waals surface area contributed by atoms with E-state index in [-0.39, 0.29) is 22.3 Å². The van der Waals surface area contributed by atoms with Gasteiger partial charge in [-0.15, -0.1) is 10.2 Å². The number of amides is 1. The molecule has 0 saturated carbocycles. The number of thioether (sulfide) groups is 1. The van der Waals surface area contributed by atoms with Crippen molar-refractivity contribution in [3.8, 4) is 11.5 Å². The van der Waals surface area contributed by atoms with Crippen molar-refractivity contribution in [2.75, 3.05) is 4.90 Å². The standard InChI is InChI=1S/C34H24FN5O4S2/c1-20-28(39-17-8-7-16-26(39)36-20)30(41)27-29(21-11-9-14-24(18-21)44-23-12-3-2-4-13-23)40(32(43)31(27)42)33-37-38-34(46-33)45-19-22-10-5-6-15-25(22)35/h2-18,29,41H,19H2,1H3. The molecule has 1 aliphatic rings. The Morgan fingerprint density at radius 2 is 1.72 bits per heavy atom. The first-order valence-electron chi connectivity index (χ1n) is 14.2. The molecule has 1 saturated heterocycles. The molecule has 6 aromatic rings. The fourth-order valence-corrected chi connectivity index (χ4v) is 7.21. The summed E-state index contributed by atoms with van der Waals surface area (Å²) in [5.74, 6) is -1.06. The average Bonchev–Trinajstić information content (AvgIpc) is 3.74. The van der Waals surface area contributed by atoms with Crippen molar-refractivity contribution in [1.82, 2.24) is 19.6 Å². The second kappa shape index (κ2) is 12.2. The van der Waals surface area contributed by atoms with Crippen LogP contribution in [0.2, 0.25) is 0 Å². The number of carbonyl (C=O) groups is 2. The number of pyridine rings is 1. The van der Waals surface area contributed by atoms with Crippen LogP contribution in [0.5, 0.6) is 11.5 Å². The lowest BCUT2D eigenvalue weighted by atomic mass is 9.96. The van der Waals surface area contributed by atoms with Gasteiger partial charge < -0.3 is 9.84 Å². The molecule has 0 aliphatic carbocycles. The molecule has 228 valence electrons. The van der Waals surface area contributed by atoms with Gasteiger partial charge in [-0.05, 0) is 60.5 Å². The molecule has 1 fully saturated rings. The highest BCUT2D eigenvalue weighted by Gasteiger charge is 2.49. The van der Waals surface area contributed by atoms with Crippen LogP contribution in [0.4, 0.5) is 9.52 Å². The number of carbonyl (C=O) groups excluding carboxylic acids is 2. The average molecular weight is 650 g/mol. The summed E-state index contributed by atoms with van der Waals surface area (Å²) >= 11 is 2.37. The molecule has 12 heteroatoms. The largest absolute Gasteiger partial charge is 0.505 e. The van der Waals surface area contributed by atoms with Crippen LogP contribution in [0, 0.1) is 12.7 Å². The molecule has 1 amide bonds. The molecular weight excluding hydrogens is 626 g/mol. The van der Waals surface area contributed by atoms with Crippen LogP contribution < -0.4 is 9.64 Å². The van der Waals surface area contributed by atoms with E-state index in [0.29, 0.717) is 49.8 Å². The molecule has 1 unspecified atom stereocenters. The number of hydrogen-bond acceptors (Lipinski definition) is 9. The highest BCUT2D eigenvalue weighted by Crippen LogP contribution is 2.45. The Morgan fingerprint density at radius 1 is 0.957 bits per heavy atom. The Morgan fingerprint density at radius 3 is 2.54 bits per heavy atom. The Bertz CT molecular complexity index is 2150. The second-order valence-electron chi connectivity index (χ2n) is 10.4. The number of aryl methyl sites for hydroxylation is 1. The maximum Gasteiger partial charge on any atom is 0.301 e. The van der Waals surface area contributed by atoms with Crippen LogP contribution in [-0.4, -0.2) is 36.4 Å². The number of hydrogen-bond donors (Lipinski definition) is 1. The van der Waals surface area contributed by atoms with Gasteiger partial charge in [0.2, 0.25) is 5.13 Å². The van der Waals surface area contributed by atoms with Crippen molar-refractivity contribution in [1.29, 1.82) is 0 Å². The van der Waals surface area contributed by atoms with Gasteiger partial charge >= 0.3 is 5.91 Å². The van der Waals surface area contributed by atoms with Crippen LogP contribution in [0.1, 0.15) is 28.6 Å². The number of aromatic nitrogens is 4. The Labute approximate surface area is 270 Å². The van der Waals surface area contributed by atoms with Gasteiger partial charge in [0.25, 0.3) is 5.78 Å². The predicted octanol–water partition coefficient (Wildman–Crippen LogP) is 7.34. The Kier molecular flexibility index (Phi) is 7.81. The summed E-state index contributed by atoms with van der Waals surface area (Å²) in [6, 6.07) is 27.0. The molecule has 4 heterocycles. The molecule has 0 radical (unpaired) electrons. The number of aliphatic hydroxyl groups excluding tert-OH is 1. The molecule has 7 rings (SSSR count). The third-order valence-electron chi connectivity index (χ3n) is 7.44. The molecule has 0 spiro atoms. The number of ether oxygens (including phenoxy) is 1. The third-order valence-corrected chi connectivity index (χ3v) is 9.54. The van der Waals surface area contributed by atoms with Crippen molar-refractivity contribution in [2.24, 2.45) is 0 Å². The number of imidazole rings is 1. The van der Waals surface area contributed by atoms with E-state index in [1.54, 1.807) is 72.1 Å². The van der Waals surface area contributed by atoms with E-state index in [2.05, 4.69) is 15.2 Å². The van der Waals surface area contributed by atoms with Crippen LogP contribution in [0.15, 0.2) is 113 Å². The number of Topliss-reactive ketones (excluding diaryl/α,β-unsaturated/α-hetero) is 1. The zero-order chi connectivity index (χ0) is 31.8. The first kappa shape index (κ1) is 29.4. The first-order valence-corrected chi connectivity index (χ1v) is 16.0. The van der Waals surface area contributed by atoms with Gasteiger partial charge in [-0.1, -0.05) is 77.7 Å². The predicted molar refractivity (Wildman–Crippen MR) is 174 cm³/mol. The normalized spacial score (nSPS) is 16.0. The summed E-state index contributed by atoms with van der Waals surface area (Å²) in [6.07, 6.45) is 1.73. The van der Waals surface area contributed by atoms with E-state index in [9.17, 15) is 19.1 Å². The fourth-order valence-electron chi connectivity index (χ4n) is 5.36. The van der Waals surface area contributed by atoms with E-state index < -0.39 is 17.7 Å². The number of nitrogens with zero attached hydrogens (tertiary/aromatic N) is 5. The molecule has 3 aromatic carbocycles. The minimum Gasteiger partial charge on any atom is -0.505 e. The highest BCUT2D eigenvalue weighted by molar-refractivity contribution is 8.00. The van der Waals surface area contributed by atoms with Crippen molar-refractivity contribution in [3.05, 3.63) is 137 Å². The van der Waals surface area contributed by atoms with Crippen LogP contribution in [0.3, 0.4) is 0 Å². The quantitative estimate of drug-likeness (QED) is 0.0600. The molecule has 1 aliphatic heterocycles. The van der Waals surface area contributed by atoms with Crippen LogP contribution >= 0.6 is 23.1 Å². The maximum atomic E-state index is 14.2. The molecular formula is C34H24FN5O4S2. The Balaban J connectivity index is 1.33. The SMILES string of the molecule is Cc1nc2ccccn2c1C(O)=C1C(=O)C(=O)N(c2nnc(SCc3ccccc3F)s2)C1c1cccc(Oc2ccccc2)c1. The number of para-hydroxylation sites is 1. The van der Waals surface area contributed by atoms with E-state index in [0.717, 1.165) is 11.3 Å². The van der Waals surface area contributed by atoms with Crippen molar-refractivity contribution in [3.63, 3.8) is 0 Å². The van der Waals surface area contributed by atoms with Gasteiger partial charge in [-0.3, -0.25) is 18.9 Å². The van der Waals surface area contributed by atoms with Crippen molar-refractivity contribution >= 4 is 51.3 Å². The second-order valence-corrected chi connectivity index (χ2v) is 12.5. The maximum absolute atomic E-state index is 14.2. The molecule has 9 nitrogen and oxygen atoms in total. The van der Waals surface area contributed by atoms with E-state index in [4.69, 9.17) is 4.74 Å². The lowest BCUT2D eigenvalue weighted by molar-refractivity contribution is -0.132. The zero-order valence-corrected chi connectivity index (χ0v) is 25.8. The number of aliphatic hydroxyl groups is 1. The molecule has 46 heavy (non-hydrogen) atoms. The van der Waals surface area contributed by atoms with E-state index >= 15 is 0 Å². The smallest absolute Gasteiger partial charge is 0.301 e. The molecule has 0 bridgehead atoms. The monoisotopic (exact) mass is 649 g/mol. The summed E-state index contributed by atoms with van der Waals surface area (Å²) in [6.45, 7) is 1.73. The van der Waals surface area contributed by atoms with Crippen molar-refractivity contribution < 1.29 is 23.8 Å². The summed E-state index contributed by atoms with van der Waals surface area (Å²) in [5, 5.41) is 20.5. The number of benzene rings is 3. The zero-order valence-electron chi connectivity index (χ0n) is 24.2. The number of fused-ring (bicyclic) bond motifs is 1. The van der Waals surface area contributed by atoms with Gasteiger partial charge in [0, 0.05) is 11.9 Å². The highest BCUT2D eigenvalue weighted by atomic mass is 32.2. The minimum absolute atomic E-state index is 0.119. The van der Waals surface area contributed by atoms with Crippen molar-refractivity contribution in [2.45, 2.75) is 23.1 Å². The molecule has 1 N–H and O–H groups in total. The number of halogens is 1. The Hall–Kier alpha value is -5.33. The van der Waals surface area contributed by atoms with Gasteiger partial charge in [-0.2, -0.15) is 0 Å². The van der Waals surface area contributed by atoms with Crippen LogP contribution in [0.25, 0.3) is 11.4 Å². The van der Waals surface area contributed by atoms with Gasteiger partial charge in [0.15, 0.2) is 10.1 Å². The third kappa shape index (κ3) is 5.41. The summed E-state index contributed by atoms with van der Waals surface area (Å²) < 4.78 is 22.4. The summed E-state index contributed by atoms with van der Waals surface area (Å²) in [7, 11) is 0. The molecule has 1 atom stereocenters. The summed E-state index contributed by atoms with van der Waals surface area (Å²) in [4.78, 5) is 33.4. The topological polar surface area (TPSA) is 110 Å². The van der Waals surface area contributed by atoms with E-state index in [1.165, 1.54) is 22.7 Å². The van der Waals surface area contributed by atoms with Gasteiger partial charge in [-0.25, -0.2) is 9.37 Å².